The summed E-state index contributed by atoms with van der Waals surface area (Å²) in [6, 6.07) is 0. The Labute approximate surface area is 396 Å². The maximum atomic E-state index is 12.7. The van der Waals surface area contributed by atoms with Crippen molar-refractivity contribution in [3.05, 3.63) is 12.2 Å². The highest BCUT2D eigenvalue weighted by Crippen LogP contribution is 2.43. The lowest BCUT2D eigenvalue weighted by Crippen LogP contribution is -2.37. The van der Waals surface area contributed by atoms with Crippen LogP contribution in [0.2, 0.25) is 0 Å². The van der Waals surface area contributed by atoms with Crippen LogP contribution in [0.1, 0.15) is 271 Å². The molecule has 0 aromatic heterocycles. The average molecular weight is 929 g/mol. The summed E-state index contributed by atoms with van der Waals surface area (Å²) in [6.45, 7) is 4.36. The van der Waals surface area contributed by atoms with Crippen LogP contribution < -0.4 is 0 Å². The molecule has 0 bridgehead atoms. The second-order valence-electron chi connectivity index (χ2n) is 20.0. The number of unbranched alkanes of at least 4 members (excludes halogenated alkanes) is 35. The number of hydrogen-bond donors (Lipinski definition) is 1. The average Bonchev–Trinajstić information content (AvgIpc) is 3.25. The van der Waals surface area contributed by atoms with Crippen molar-refractivity contribution in [2.24, 2.45) is 0 Å². The number of ether oxygens (including phenoxy) is 2. The third-order valence-electron chi connectivity index (χ3n) is 12.3. The first-order chi connectivity index (χ1) is 31.0. The summed E-state index contributed by atoms with van der Waals surface area (Å²) in [5, 5.41) is 0. The number of quaternary nitrogens is 1. The number of allylic oxidation sites excluding steroid dienone is 2. The fourth-order valence-corrected chi connectivity index (χ4v) is 8.75. The summed E-state index contributed by atoms with van der Waals surface area (Å²) in [7, 11) is 1.49. The van der Waals surface area contributed by atoms with Crippen molar-refractivity contribution in [1.82, 2.24) is 0 Å². The molecule has 0 fully saturated rings. The number of likely N-dealkylation sites (N-methyl/N-ethyl adjacent to an activating group) is 1. The van der Waals surface area contributed by atoms with Crippen LogP contribution in [0.15, 0.2) is 12.2 Å². The number of carbonyl (C=O) groups is 2. The largest absolute Gasteiger partial charge is 0.472 e. The van der Waals surface area contributed by atoms with Gasteiger partial charge in [-0.2, -0.15) is 0 Å². The van der Waals surface area contributed by atoms with Crippen LogP contribution >= 0.6 is 7.82 Å². The van der Waals surface area contributed by atoms with E-state index in [2.05, 4.69) is 26.0 Å². The second kappa shape index (κ2) is 46.8. The third-order valence-corrected chi connectivity index (χ3v) is 13.3. The van der Waals surface area contributed by atoms with E-state index in [0.717, 1.165) is 44.9 Å². The molecule has 64 heavy (non-hydrogen) atoms. The van der Waals surface area contributed by atoms with Gasteiger partial charge in [0.15, 0.2) is 6.10 Å². The highest BCUT2D eigenvalue weighted by atomic mass is 31.2. The molecule has 2 atom stereocenters. The van der Waals surface area contributed by atoms with Crippen molar-refractivity contribution in [3.8, 4) is 0 Å². The molecule has 0 aromatic rings. The molecular weight excluding hydrogens is 822 g/mol. The molecule has 0 aliphatic heterocycles. The topological polar surface area (TPSA) is 108 Å². The van der Waals surface area contributed by atoms with Gasteiger partial charge in [-0.1, -0.05) is 231 Å². The Hall–Kier alpha value is -1.25. The zero-order valence-electron chi connectivity index (χ0n) is 43.0. The molecule has 0 saturated carbocycles. The molecule has 1 N–H and O–H groups in total. The minimum atomic E-state index is -4.36. The van der Waals surface area contributed by atoms with Crippen LogP contribution in [0, 0.1) is 0 Å². The lowest BCUT2D eigenvalue weighted by atomic mass is 10.0. The van der Waals surface area contributed by atoms with E-state index in [1.807, 2.05) is 21.1 Å². The van der Waals surface area contributed by atoms with Gasteiger partial charge in [-0.3, -0.25) is 18.6 Å². The maximum Gasteiger partial charge on any atom is 0.472 e. The van der Waals surface area contributed by atoms with Crippen LogP contribution in [-0.2, 0) is 32.7 Å². The number of rotatable bonds is 51. The Kier molecular flexibility index (Phi) is 45.9. The Morgan fingerprint density at radius 1 is 0.469 bits per heavy atom. The minimum Gasteiger partial charge on any atom is -0.462 e. The zero-order chi connectivity index (χ0) is 47.1. The summed E-state index contributed by atoms with van der Waals surface area (Å²) in [5.74, 6) is -0.799. The van der Waals surface area contributed by atoms with Gasteiger partial charge in [0.25, 0.3) is 0 Å². The highest BCUT2D eigenvalue weighted by molar-refractivity contribution is 7.47. The predicted octanol–water partition coefficient (Wildman–Crippen LogP) is 16.5. The van der Waals surface area contributed by atoms with Crippen molar-refractivity contribution in [3.63, 3.8) is 0 Å². The Bertz CT molecular complexity index is 1100. The molecule has 0 spiro atoms. The Morgan fingerprint density at radius 3 is 1.16 bits per heavy atom. The maximum absolute atomic E-state index is 12.7. The number of carbonyl (C=O) groups excluding carboxylic acids is 2. The molecule has 9 nitrogen and oxygen atoms in total. The number of nitrogens with zero attached hydrogens (tertiary/aromatic N) is 1. The Balaban J connectivity index is 3.75. The molecular formula is C54H107NO8P+. The predicted molar refractivity (Wildman–Crippen MR) is 271 cm³/mol. The molecule has 10 heteroatoms. The minimum absolute atomic E-state index is 0.0354. The molecule has 0 radical (unpaired) electrons. The molecule has 0 rings (SSSR count). The van der Waals surface area contributed by atoms with E-state index in [4.69, 9.17) is 18.5 Å². The first kappa shape index (κ1) is 62.8. The van der Waals surface area contributed by atoms with E-state index >= 15 is 0 Å². The van der Waals surface area contributed by atoms with Crippen molar-refractivity contribution in [1.29, 1.82) is 0 Å². The summed E-state index contributed by atoms with van der Waals surface area (Å²) in [4.78, 5) is 35.1. The van der Waals surface area contributed by atoms with Gasteiger partial charge in [0.1, 0.15) is 19.8 Å². The second-order valence-corrected chi connectivity index (χ2v) is 21.4. The van der Waals surface area contributed by atoms with Crippen LogP contribution in [-0.4, -0.2) is 74.9 Å². The van der Waals surface area contributed by atoms with Gasteiger partial charge in [-0.25, -0.2) is 4.57 Å². The van der Waals surface area contributed by atoms with Crippen molar-refractivity contribution < 1.29 is 42.1 Å². The monoisotopic (exact) mass is 929 g/mol. The summed E-state index contributed by atoms with van der Waals surface area (Å²) in [6.07, 6.45) is 53.6. The zero-order valence-corrected chi connectivity index (χ0v) is 43.9. The van der Waals surface area contributed by atoms with Crippen LogP contribution in [0.3, 0.4) is 0 Å². The Morgan fingerprint density at radius 2 is 0.797 bits per heavy atom. The van der Waals surface area contributed by atoms with Gasteiger partial charge in [-0.15, -0.1) is 0 Å². The van der Waals surface area contributed by atoms with Crippen molar-refractivity contribution >= 4 is 19.8 Å². The number of hydrogen-bond acceptors (Lipinski definition) is 7. The number of phosphoric acid groups is 1. The van der Waals surface area contributed by atoms with Gasteiger partial charge in [0, 0.05) is 12.8 Å². The summed E-state index contributed by atoms with van der Waals surface area (Å²) >= 11 is 0. The van der Waals surface area contributed by atoms with E-state index < -0.39 is 26.5 Å². The molecule has 0 aromatic carbocycles. The SMILES string of the molecule is CCCCCCCCCC/C=C\CCCCCCCCCCCCCCCCCCCCCCCCCC(=O)OC(COC(=O)CCCCCCC)COP(=O)(O)OCC[N+](C)(C)C. The fourth-order valence-electron chi connectivity index (χ4n) is 8.01. The molecule has 0 amide bonds. The van der Waals surface area contributed by atoms with E-state index in [1.165, 1.54) is 193 Å². The first-order valence-corrected chi connectivity index (χ1v) is 28.9. The third kappa shape index (κ3) is 50.2. The van der Waals surface area contributed by atoms with Gasteiger partial charge >= 0.3 is 19.8 Å². The number of esters is 2. The lowest BCUT2D eigenvalue weighted by molar-refractivity contribution is -0.870. The van der Waals surface area contributed by atoms with Gasteiger partial charge in [-0.05, 0) is 38.5 Å². The van der Waals surface area contributed by atoms with E-state index in [1.54, 1.807) is 0 Å². The molecule has 0 heterocycles. The van der Waals surface area contributed by atoms with E-state index in [9.17, 15) is 19.0 Å². The van der Waals surface area contributed by atoms with Crippen LogP contribution in [0.25, 0.3) is 0 Å². The molecule has 380 valence electrons. The van der Waals surface area contributed by atoms with E-state index in [-0.39, 0.29) is 32.0 Å². The van der Waals surface area contributed by atoms with Crippen molar-refractivity contribution in [2.75, 3.05) is 47.5 Å². The molecule has 0 aliphatic carbocycles. The van der Waals surface area contributed by atoms with Crippen LogP contribution in [0.5, 0.6) is 0 Å². The molecule has 2 unspecified atom stereocenters. The van der Waals surface area contributed by atoms with E-state index in [0.29, 0.717) is 17.4 Å². The van der Waals surface area contributed by atoms with Gasteiger partial charge in [0.2, 0.25) is 0 Å². The smallest absolute Gasteiger partial charge is 0.462 e. The van der Waals surface area contributed by atoms with Gasteiger partial charge < -0.3 is 18.9 Å². The molecule has 0 aliphatic rings. The summed E-state index contributed by atoms with van der Waals surface area (Å²) < 4.78 is 34.2. The van der Waals surface area contributed by atoms with Crippen molar-refractivity contribution in [2.45, 2.75) is 277 Å². The highest BCUT2D eigenvalue weighted by Gasteiger charge is 2.27. The van der Waals surface area contributed by atoms with Crippen LogP contribution in [0.4, 0.5) is 0 Å². The number of phosphoric ester groups is 1. The van der Waals surface area contributed by atoms with Gasteiger partial charge in [0.05, 0.1) is 27.7 Å². The lowest BCUT2D eigenvalue weighted by Gasteiger charge is -2.24. The normalized spacial score (nSPS) is 13.4. The molecule has 0 saturated heterocycles. The fraction of sp³-hybridized carbons (Fsp3) is 0.926. The summed E-state index contributed by atoms with van der Waals surface area (Å²) in [5.41, 5.74) is 0. The standard InChI is InChI=1S/C54H106NO8P/c1-6-8-10-12-13-14-15-16-17-18-19-20-21-22-23-24-25-26-27-28-29-30-31-32-33-34-35-36-37-38-39-40-41-43-45-47-54(57)63-52(50-60-53(56)46-44-42-11-9-7-2)51-62-64(58,59)61-49-48-55(3,4)5/h18-19,52H,6-17,20-51H2,1-5H3/p+1/b19-18-. The first-order valence-electron chi connectivity index (χ1n) is 27.4. The quantitative estimate of drug-likeness (QED) is 0.0211.